The van der Waals surface area contributed by atoms with E-state index in [1.165, 1.54) is 0 Å². The van der Waals surface area contributed by atoms with Crippen molar-refractivity contribution < 1.29 is 19.2 Å². The molecule has 2 fully saturated rings. The fraction of sp³-hybridized carbons (Fsp3) is 0.524. The van der Waals surface area contributed by atoms with E-state index >= 15 is 0 Å². The summed E-state index contributed by atoms with van der Waals surface area (Å²) in [7, 11) is 0. The Kier molecular flexibility index (Phi) is 6.85. The maximum atomic E-state index is 12.4. The van der Waals surface area contributed by atoms with E-state index in [4.69, 9.17) is 5.73 Å². The van der Waals surface area contributed by atoms with Gasteiger partial charge in [0.2, 0.25) is 23.6 Å². The summed E-state index contributed by atoms with van der Waals surface area (Å²) in [4.78, 5) is 49.0. The number of primary amides is 1. The number of amides is 4. The van der Waals surface area contributed by atoms with Crippen molar-refractivity contribution in [3.63, 3.8) is 0 Å². The summed E-state index contributed by atoms with van der Waals surface area (Å²) >= 11 is 0. The van der Waals surface area contributed by atoms with E-state index in [1.807, 2.05) is 30.3 Å². The van der Waals surface area contributed by atoms with Crippen LogP contribution in [0.5, 0.6) is 0 Å². The van der Waals surface area contributed by atoms with Crippen LogP contribution >= 0.6 is 0 Å². The fourth-order valence-corrected chi connectivity index (χ4v) is 4.12. The highest BCUT2D eigenvalue weighted by Gasteiger charge is 2.36. The number of carbonyl (C=O) groups excluding carboxylic acids is 4. The average molecular weight is 400 g/mol. The van der Waals surface area contributed by atoms with E-state index in [9.17, 15) is 19.2 Å². The second kappa shape index (κ2) is 9.54. The normalized spacial score (nSPS) is 23.6. The minimum absolute atomic E-state index is 0.0234. The third kappa shape index (κ3) is 5.56. The zero-order chi connectivity index (χ0) is 20.8. The quantitative estimate of drug-likeness (QED) is 0.519. The van der Waals surface area contributed by atoms with Crippen molar-refractivity contribution in [1.82, 2.24) is 16.0 Å². The molecule has 5 N–H and O–H groups in total. The number of benzene rings is 1. The van der Waals surface area contributed by atoms with Gasteiger partial charge in [-0.15, -0.1) is 0 Å². The molecular formula is C21H28N4O4. The standard InChI is InChI=1S/C21H28N4O4/c22-19(27)18(14-9-5-2-6-10-14)25-17(26)12-16-21(29)23-15(20(28)24-16)11-13-7-3-1-4-8-13/h1,3-4,7-8,14-16,18H,2,5-6,9-12H2,(H2,22,27)(H,23,29)(H,24,28)(H,25,26)/t15-,16-,18-/m0/s1. The van der Waals surface area contributed by atoms with Crippen LogP contribution in [0, 0.1) is 5.92 Å². The highest BCUT2D eigenvalue weighted by Crippen LogP contribution is 2.26. The Balaban J connectivity index is 1.54. The van der Waals surface area contributed by atoms with Crippen LogP contribution < -0.4 is 21.7 Å². The SMILES string of the molecule is NC(=O)[C@@H](NC(=O)C[C@@H]1NC(=O)[C@H](Cc2ccccc2)NC1=O)C1CCCCC1. The molecule has 156 valence electrons. The molecule has 4 amide bonds. The summed E-state index contributed by atoms with van der Waals surface area (Å²) in [6.45, 7) is 0. The van der Waals surface area contributed by atoms with Crippen molar-refractivity contribution in [3.8, 4) is 0 Å². The number of piperazine rings is 1. The Morgan fingerprint density at radius 2 is 1.62 bits per heavy atom. The van der Waals surface area contributed by atoms with Gasteiger partial charge in [-0.25, -0.2) is 0 Å². The van der Waals surface area contributed by atoms with Gasteiger partial charge in [-0.1, -0.05) is 49.6 Å². The Morgan fingerprint density at radius 3 is 2.28 bits per heavy atom. The van der Waals surface area contributed by atoms with E-state index in [0.717, 1.165) is 37.7 Å². The largest absolute Gasteiger partial charge is 0.368 e. The van der Waals surface area contributed by atoms with Crippen LogP contribution in [0.25, 0.3) is 0 Å². The Labute approximate surface area is 170 Å². The van der Waals surface area contributed by atoms with E-state index < -0.39 is 35.8 Å². The van der Waals surface area contributed by atoms with Crippen molar-refractivity contribution in [1.29, 1.82) is 0 Å². The van der Waals surface area contributed by atoms with Crippen LogP contribution in [-0.4, -0.2) is 41.8 Å². The third-order valence-electron chi connectivity index (χ3n) is 5.68. The highest BCUT2D eigenvalue weighted by atomic mass is 16.2. The van der Waals surface area contributed by atoms with Crippen molar-refractivity contribution in [2.24, 2.45) is 11.7 Å². The van der Waals surface area contributed by atoms with Gasteiger partial charge < -0.3 is 21.7 Å². The van der Waals surface area contributed by atoms with Gasteiger partial charge in [0.25, 0.3) is 0 Å². The smallest absolute Gasteiger partial charge is 0.243 e. The Hall–Kier alpha value is -2.90. The molecule has 29 heavy (non-hydrogen) atoms. The molecule has 1 heterocycles. The molecule has 0 unspecified atom stereocenters. The first kappa shape index (κ1) is 20.8. The summed E-state index contributed by atoms with van der Waals surface area (Å²) < 4.78 is 0. The minimum atomic E-state index is -0.964. The van der Waals surface area contributed by atoms with Crippen LogP contribution in [0.2, 0.25) is 0 Å². The average Bonchev–Trinajstić information content (AvgIpc) is 2.71. The van der Waals surface area contributed by atoms with Crippen LogP contribution in [0.1, 0.15) is 44.1 Å². The molecule has 1 aromatic carbocycles. The summed E-state index contributed by atoms with van der Waals surface area (Å²) in [6.07, 6.45) is 4.97. The molecule has 8 heteroatoms. The molecule has 1 aromatic rings. The van der Waals surface area contributed by atoms with Crippen LogP contribution in [-0.2, 0) is 25.6 Å². The fourth-order valence-electron chi connectivity index (χ4n) is 4.12. The highest BCUT2D eigenvalue weighted by molar-refractivity contribution is 5.99. The van der Waals surface area contributed by atoms with E-state index in [-0.39, 0.29) is 18.2 Å². The zero-order valence-corrected chi connectivity index (χ0v) is 16.4. The molecule has 2 aliphatic rings. The van der Waals surface area contributed by atoms with Gasteiger partial charge in [0.15, 0.2) is 0 Å². The van der Waals surface area contributed by atoms with Crippen LogP contribution in [0.4, 0.5) is 0 Å². The number of hydrogen-bond donors (Lipinski definition) is 4. The lowest BCUT2D eigenvalue weighted by Gasteiger charge is -2.31. The number of rotatable bonds is 7. The van der Waals surface area contributed by atoms with Gasteiger partial charge in [0.05, 0.1) is 6.42 Å². The molecule has 8 nitrogen and oxygen atoms in total. The Morgan fingerprint density at radius 1 is 1.00 bits per heavy atom. The maximum absolute atomic E-state index is 12.4. The predicted molar refractivity (Wildman–Crippen MR) is 106 cm³/mol. The van der Waals surface area contributed by atoms with E-state index in [0.29, 0.717) is 6.42 Å². The van der Waals surface area contributed by atoms with Crippen LogP contribution in [0.3, 0.4) is 0 Å². The minimum Gasteiger partial charge on any atom is -0.368 e. The van der Waals surface area contributed by atoms with Crippen LogP contribution in [0.15, 0.2) is 30.3 Å². The zero-order valence-electron chi connectivity index (χ0n) is 16.4. The molecule has 0 bridgehead atoms. The van der Waals surface area contributed by atoms with Gasteiger partial charge in [0.1, 0.15) is 18.1 Å². The Bertz CT molecular complexity index is 761. The molecular weight excluding hydrogens is 372 g/mol. The topological polar surface area (TPSA) is 130 Å². The van der Waals surface area contributed by atoms with Crippen molar-refractivity contribution in [2.75, 3.05) is 0 Å². The summed E-state index contributed by atoms with van der Waals surface area (Å²) in [5.74, 6) is -1.75. The number of hydrogen-bond acceptors (Lipinski definition) is 4. The number of nitrogens with one attached hydrogen (secondary N) is 3. The molecule has 3 atom stereocenters. The van der Waals surface area contributed by atoms with Gasteiger partial charge in [-0.3, -0.25) is 19.2 Å². The van der Waals surface area contributed by atoms with Crippen molar-refractivity contribution in [3.05, 3.63) is 35.9 Å². The van der Waals surface area contributed by atoms with E-state index in [1.54, 1.807) is 0 Å². The lowest BCUT2D eigenvalue weighted by molar-refractivity contribution is -0.139. The van der Waals surface area contributed by atoms with Crippen molar-refractivity contribution in [2.45, 2.75) is 63.1 Å². The molecule has 1 saturated heterocycles. The molecule has 1 aliphatic heterocycles. The summed E-state index contributed by atoms with van der Waals surface area (Å²) in [5, 5.41) is 7.98. The van der Waals surface area contributed by atoms with Crippen molar-refractivity contribution >= 4 is 23.6 Å². The molecule has 0 radical (unpaired) electrons. The number of nitrogens with two attached hydrogens (primary N) is 1. The molecule has 1 saturated carbocycles. The monoisotopic (exact) mass is 400 g/mol. The molecule has 3 rings (SSSR count). The maximum Gasteiger partial charge on any atom is 0.243 e. The van der Waals surface area contributed by atoms with Gasteiger partial charge in [-0.2, -0.15) is 0 Å². The first-order valence-corrected chi connectivity index (χ1v) is 10.2. The predicted octanol–water partition coefficient (Wildman–Crippen LogP) is 0.153. The molecule has 1 aliphatic carbocycles. The van der Waals surface area contributed by atoms with Gasteiger partial charge in [0, 0.05) is 6.42 Å². The van der Waals surface area contributed by atoms with E-state index in [2.05, 4.69) is 16.0 Å². The van der Waals surface area contributed by atoms with Gasteiger partial charge >= 0.3 is 0 Å². The first-order valence-electron chi connectivity index (χ1n) is 10.2. The second-order valence-electron chi connectivity index (χ2n) is 7.86. The summed E-state index contributed by atoms with van der Waals surface area (Å²) in [5.41, 5.74) is 6.42. The first-order chi connectivity index (χ1) is 13.9. The number of carbonyl (C=O) groups is 4. The molecule has 0 aromatic heterocycles. The summed E-state index contributed by atoms with van der Waals surface area (Å²) in [6, 6.07) is 7.00. The second-order valence-corrected chi connectivity index (χ2v) is 7.86. The van der Waals surface area contributed by atoms with Gasteiger partial charge in [-0.05, 0) is 24.3 Å². The lowest BCUT2D eigenvalue weighted by Crippen LogP contribution is -2.63. The lowest BCUT2D eigenvalue weighted by atomic mass is 9.83. The molecule has 0 spiro atoms. The third-order valence-corrected chi connectivity index (χ3v) is 5.68.